The highest BCUT2D eigenvalue weighted by Crippen LogP contribution is 1.91. The molecule has 0 aromatic heterocycles. The Hall–Kier alpha value is -0.370. The maximum atomic E-state index is 10.4. The molecule has 0 amide bonds. The maximum Gasteiger partial charge on any atom is 0.129 e. The highest BCUT2D eigenvalue weighted by atomic mass is 16.5. The molecule has 0 aliphatic rings. The molecule has 0 radical (unpaired) electrons. The zero-order chi connectivity index (χ0) is 7.82. The fourth-order valence-corrected chi connectivity index (χ4v) is 0.670. The predicted molar refractivity (Wildman–Crippen MR) is 41.0 cm³/mol. The van der Waals surface area contributed by atoms with Crippen molar-refractivity contribution in [1.82, 2.24) is 0 Å². The molecule has 0 N–H and O–H groups in total. The molecule has 0 unspecified atom stereocenters. The average molecular weight is 144 g/mol. The summed E-state index contributed by atoms with van der Waals surface area (Å²) in [5.74, 6) is 0.250. The van der Waals surface area contributed by atoms with Gasteiger partial charge < -0.3 is 9.53 Å². The molecular weight excluding hydrogens is 128 g/mol. The average Bonchev–Trinajstić information content (AvgIpc) is 1.87. The summed E-state index contributed by atoms with van der Waals surface area (Å²) in [5.41, 5.74) is 0. The number of ketones is 1. The van der Waals surface area contributed by atoms with Crippen LogP contribution in [-0.2, 0) is 9.53 Å². The van der Waals surface area contributed by atoms with Gasteiger partial charge in [-0.2, -0.15) is 0 Å². The third-order valence-electron chi connectivity index (χ3n) is 1.17. The van der Waals surface area contributed by atoms with E-state index in [1.807, 2.05) is 0 Å². The van der Waals surface area contributed by atoms with Crippen molar-refractivity contribution in [3.63, 3.8) is 0 Å². The fraction of sp³-hybridized carbons (Fsp3) is 0.875. The van der Waals surface area contributed by atoms with Crippen molar-refractivity contribution in [1.29, 1.82) is 0 Å². The standard InChI is InChI=1S/C8H16O2/c1-3-6-10-7-4-5-8(2)9/h3-7H2,1-2H3. The normalized spacial score (nSPS) is 9.80. The predicted octanol–water partition coefficient (Wildman–Crippen LogP) is 1.78. The van der Waals surface area contributed by atoms with Gasteiger partial charge in [0.25, 0.3) is 0 Å². The minimum absolute atomic E-state index is 0.250. The smallest absolute Gasteiger partial charge is 0.129 e. The number of carbonyl (C=O) groups excluding carboxylic acids is 1. The van der Waals surface area contributed by atoms with Crippen molar-refractivity contribution in [3.05, 3.63) is 0 Å². The Balaban J connectivity index is 2.84. The quantitative estimate of drug-likeness (QED) is 0.531. The van der Waals surface area contributed by atoms with Gasteiger partial charge in [-0.15, -0.1) is 0 Å². The van der Waals surface area contributed by atoms with E-state index in [0.717, 1.165) is 26.1 Å². The van der Waals surface area contributed by atoms with Crippen molar-refractivity contribution >= 4 is 5.78 Å². The number of hydrogen-bond donors (Lipinski definition) is 0. The third kappa shape index (κ3) is 7.63. The molecule has 2 heteroatoms. The highest BCUT2D eigenvalue weighted by molar-refractivity contribution is 5.75. The van der Waals surface area contributed by atoms with Gasteiger partial charge in [0, 0.05) is 19.6 Å². The number of rotatable bonds is 6. The monoisotopic (exact) mass is 144 g/mol. The lowest BCUT2D eigenvalue weighted by atomic mass is 10.2. The van der Waals surface area contributed by atoms with E-state index in [-0.39, 0.29) is 5.78 Å². The maximum absolute atomic E-state index is 10.4. The van der Waals surface area contributed by atoms with E-state index >= 15 is 0 Å². The number of Topliss-reactive ketones (excluding diaryl/α,β-unsaturated/α-hetero) is 1. The van der Waals surface area contributed by atoms with Gasteiger partial charge in [0.2, 0.25) is 0 Å². The van der Waals surface area contributed by atoms with Crippen molar-refractivity contribution in [2.75, 3.05) is 13.2 Å². The molecule has 0 aromatic rings. The first-order valence-corrected chi connectivity index (χ1v) is 3.84. The first kappa shape index (κ1) is 9.63. The van der Waals surface area contributed by atoms with Gasteiger partial charge in [-0.25, -0.2) is 0 Å². The first-order chi connectivity index (χ1) is 4.77. The van der Waals surface area contributed by atoms with Crippen LogP contribution < -0.4 is 0 Å². The zero-order valence-corrected chi connectivity index (χ0v) is 6.85. The van der Waals surface area contributed by atoms with Crippen molar-refractivity contribution in [3.8, 4) is 0 Å². The second kappa shape index (κ2) is 6.75. The topological polar surface area (TPSA) is 26.3 Å². The van der Waals surface area contributed by atoms with Gasteiger partial charge in [-0.1, -0.05) is 6.92 Å². The van der Waals surface area contributed by atoms with Crippen LogP contribution in [0.2, 0.25) is 0 Å². The van der Waals surface area contributed by atoms with Gasteiger partial charge in [-0.05, 0) is 19.8 Å². The molecule has 0 aromatic carbocycles. The Morgan fingerprint density at radius 2 is 2.10 bits per heavy atom. The van der Waals surface area contributed by atoms with Gasteiger partial charge in [0.05, 0.1) is 0 Å². The Bertz CT molecular complexity index is 89.3. The van der Waals surface area contributed by atoms with E-state index in [4.69, 9.17) is 4.74 Å². The number of carbonyl (C=O) groups is 1. The summed E-state index contributed by atoms with van der Waals surface area (Å²) < 4.78 is 5.18. The molecule has 0 rings (SSSR count). The van der Waals surface area contributed by atoms with E-state index in [0.29, 0.717) is 6.42 Å². The van der Waals surface area contributed by atoms with Gasteiger partial charge >= 0.3 is 0 Å². The molecule has 0 saturated carbocycles. The second-order valence-electron chi connectivity index (χ2n) is 2.42. The molecule has 0 bridgehead atoms. The molecule has 60 valence electrons. The third-order valence-corrected chi connectivity index (χ3v) is 1.17. The van der Waals surface area contributed by atoms with E-state index in [9.17, 15) is 4.79 Å². The Labute approximate surface area is 62.6 Å². The van der Waals surface area contributed by atoms with Crippen LogP contribution in [0.4, 0.5) is 0 Å². The number of ether oxygens (including phenoxy) is 1. The molecule has 0 fully saturated rings. The van der Waals surface area contributed by atoms with Crippen LogP contribution in [0.1, 0.15) is 33.1 Å². The second-order valence-corrected chi connectivity index (χ2v) is 2.42. The molecule has 0 atom stereocenters. The Kier molecular flexibility index (Phi) is 6.50. The van der Waals surface area contributed by atoms with E-state index < -0.39 is 0 Å². The van der Waals surface area contributed by atoms with Gasteiger partial charge in [-0.3, -0.25) is 0 Å². The largest absolute Gasteiger partial charge is 0.381 e. The van der Waals surface area contributed by atoms with Gasteiger partial charge in [0.1, 0.15) is 5.78 Å². The van der Waals surface area contributed by atoms with E-state index in [2.05, 4.69) is 6.92 Å². The van der Waals surface area contributed by atoms with Crippen LogP contribution in [-0.4, -0.2) is 19.0 Å². The lowest BCUT2D eigenvalue weighted by Crippen LogP contribution is -1.98. The summed E-state index contributed by atoms with van der Waals surface area (Å²) in [6, 6.07) is 0. The van der Waals surface area contributed by atoms with E-state index in [1.165, 1.54) is 0 Å². The van der Waals surface area contributed by atoms with Gasteiger partial charge in [0.15, 0.2) is 0 Å². The molecule has 0 aliphatic heterocycles. The molecular formula is C8H16O2. The summed E-state index contributed by atoms with van der Waals surface area (Å²) >= 11 is 0. The minimum atomic E-state index is 0.250. The minimum Gasteiger partial charge on any atom is -0.381 e. The molecule has 0 heterocycles. The molecule has 0 aliphatic carbocycles. The lowest BCUT2D eigenvalue weighted by Gasteiger charge is -1.99. The summed E-state index contributed by atoms with van der Waals surface area (Å²) in [7, 11) is 0. The summed E-state index contributed by atoms with van der Waals surface area (Å²) in [5, 5.41) is 0. The van der Waals surface area contributed by atoms with Crippen LogP contribution in [0.5, 0.6) is 0 Å². The summed E-state index contributed by atoms with van der Waals surface area (Å²) in [4.78, 5) is 10.4. The molecule has 2 nitrogen and oxygen atoms in total. The molecule has 10 heavy (non-hydrogen) atoms. The zero-order valence-electron chi connectivity index (χ0n) is 6.85. The van der Waals surface area contributed by atoms with Crippen LogP contribution in [0.15, 0.2) is 0 Å². The van der Waals surface area contributed by atoms with Crippen LogP contribution >= 0.6 is 0 Å². The lowest BCUT2D eigenvalue weighted by molar-refractivity contribution is -0.117. The van der Waals surface area contributed by atoms with Crippen LogP contribution in [0.3, 0.4) is 0 Å². The van der Waals surface area contributed by atoms with Crippen LogP contribution in [0, 0.1) is 0 Å². The first-order valence-electron chi connectivity index (χ1n) is 3.84. The fourth-order valence-electron chi connectivity index (χ4n) is 0.670. The Morgan fingerprint density at radius 3 is 2.60 bits per heavy atom. The van der Waals surface area contributed by atoms with Crippen molar-refractivity contribution in [2.24, 2.45) is 0 Å². The van der Waals surface area contributed by atoms with Crippen LogP contribution in [0.25, 0.3) is 0 Å². The molecule has 0 saturated heterocycles. The Morgan fingerprint density at radius 1 is 1.40 bits per heavy atom. The van der Waals surface area contributed by atoms with Crippen molar-refractivity contribution in [2.45, 2.75) is 33.1 Å². The highest BCUT2D eigenvalue weighted by Gasteiger charge is 1.91. The SMILES string of the molecule is CCCOCCCC(C)=O. The summed E-state index contributed by atoms with van der Waals surface area (Å²) in [6.07, 6.45) is 2.58. The van der Waals surface area contributed by atoms with Crippen molar-refractivity contribution < 1.29 is 9.53 Å². The number of hydrogen-bond acceptors (Lipinski definition) is 2. The summed E-state index contributed by atoms with van der Waals surface area (Å²) in [6.45, 7) is 5.23. The van der Waals surface area contributed by atoms with E-state index in [1.54, 1.807) is 6.92 Å². The molecule has 0 spiro atoms.